The Morgan fingerprint density at radius 1 is 1.55 bits per heavy atom. The Morgan fingerprint density at radius 3 is 2.85 bits per heavy atom. The summed E-state index contributed by atoms with van der Waals surface area (Å²) in [7, 11) is 0. The molecule has 7 nitrogen and oxygen atoms in total. The molecule has 1 aromatic rings. The van der Waals surface area contributed by atoms with Crippen molar-refractivity contribution in [2.45, 2.75) is 19.8 Å². The summed E-state index contributed by atoms with van der Waals surface area (Å²) in [5.74, 6) is 0.828. The van der Waals surface area contributed by atoms with Gasteiger partial charge in [-0.3, -0.25) is 14.9 Å². The van der Waals surface area contributed by atoms with Gasteiger partial charge in [-0.25, -0.2) is 4.98 Å². The van der Waals surface area contributed by atoms with Crippen LogP contribution in [0, 0.1) is 23.0 Å². The fourth-order valence-electron chi connectivity index (χ4n) is 1.73. The Morgan fingerprint density at radius 2 is 2.25 bits per heavy atom. The molecule has 1 saturated carbocycles. The molecule has 0 radical (unpaired) electrons. The lowest BCUT2D eigenvalue weighted by molar-refractivity contribution is -0.385. The van der Waals surface area contributed by atoms with E-state index in [1.54, 1.807) is 6.92 Å². The van der Waals surface area contributed by atoms with Gasteiger partial charge >= 0.3 is 0 Å². The quantitative estimate of drug-likeness (QED) is 0.468. The van der Waals surface area contributed by atoms with E-state index in [2.05, 4.69) is 31.5 Å². The van der Waals surface area contributed by atoms with Gasteiger partial charge in [0.1, 0.15) is 12.0 Å². The Labute approximate surface area is 124 Å². The molecule has 1 aliphatic rings. The van der Waals surface area contributed by atoms with Crippen molar-refractivity contribution in [2.75, 3.05) is 18.4 Å². The van der Waals surface area contributed by atoms with E-state index in [0.29, 0.717) is 28.9 Å². The van der Waals surface area contributed by atoms with Crippen LogP contribution in [0.5, 0.6) is 0 Å². The highest BCUT2D eigenvalue weighted by Gasteiger charge is 2.29. The lowest BCUT2D eigenvalue weighted by atomic mass is 10.2. The number of nitrogens with one attached hydrogen (secondary N) is 2. The fraction of sp³-hybridized carbons (Fsp3) is 0.500. The average Bonchev–Trinajstić information content (AvgIpc) is 3.23. The lowest BCUT2D eigenvalue weighted by Crippen LogP contribution is -2.30. The zero-order valence-electron chi connectivity index (χ0n) is 11.0. The van der Waals surface area contributed by atoms with Crippen LogP contribution in [-0.4, -0.2) is 28.9 Å². The standard InChI is InChI=1S/C12H15BrN4O3/c1-7-9(17(19)20)6-16-11(10(7)13)14-4-5-15-12(18)8-2-3-8/h6,8H,2-5H2,1H3,(H,14,16)(H,15,18). The van der Waals surface area contributed by atoms with Gasteiger partial charge in [0.05, 0.1) is 9.40 Å². The minimum Gasteiger partial charge on any atom is -0.367 e. The average molecular weight is 343 g/mol. The SMILES string of the molecule is Cc1c([N+](=O)[O-])cnc(NCCNC(=O)C2CC2)c1Br. The van der Waals surface area contributed by atoms with Gasteiger partial charge < -0.3 is 10.6 Å². The predicted molar refractivity (Wildman–Crippen MR) is 77.6 cm³/mol. The van der Waals surface area contributed by atoms with Gasteiger partial charge in [0, 0.05) is 24.6 Å². The normalized spacial score (nSPS) is 13.9. The molecule has 1 aliphatic carbocycles. The van der Waals surface area contributed by atoms with Crippen LogP contribution >= 0.6 is 15.9 Å². The third-order valence-corrected chi connectivity index (χ3v) is 4.07. The molecule has 8 heteroatoms. The predicted octanol–water partition coefficient (Wildman–Crippen LogP) is 2.00. The summed E-state index contributed by atoms with van der Waals surface area (Å²) in [4.78, 5) is 25.7. The summed E-state index contributed by atoms with van der Waals surface area (Å²) < 4.78 is 0.570. The molecule has 1 heterocycles. The molecule has 0 atom stereocenters. The van der Waals surface area contributed by atoms with Crippen molar-refractivity contribution in [3.8, 4) is 0 Å². The summed E-state index contributed by atoms with van der Waals surface area (Å²) in [5.41, 5.74) is 0.499. The first-order valence-electron chi connectivity index (χ1n) is 6.31. The third kappa shape index (κ3) is 3.44. The number of pyridine rings is 1. The van der Waals surface area contributed by atoms with Crippen LogP contribution in [0.2, 0.25) is 0 Å². The molecular formula is C12H15BrN4O3. The van der Waals surface area contributed by atoms with E-state index in [1.165, 1.54) is 6.20 Å². The van der Waals surface area contributed by atoms with Crippen LogP contribution in [-0.2, 0) is 4.79 Å². The zero-order valence-corrected chi connectivity index (χ0v) is 12.6. The number of nitro groups is 1. The van der Waals surface area contributed by atoms with Gasteiger partial charge in [0.15, 0.2) is 0 Å². The largest absolute Gasteiger partial charge is 0.367 e. The summed E-state index contributed by atoms with van der Waals surface area (Å²) >= 11 is 3.30. The first kappa shape index (κ1) is 14.7. The van der Waals surface area contributed by atoms with Gasteiger partial charge in [0.2, 0.25) is 5.91 Å². The van der Waals surface area contributed by atoms with Gasteiger partial charge in [-0.2, -0.15) is 0 Å². The molecule has 0 aliphatic heterocycles. The second kappa shape index (κ2) is 6.17. The second-order valence-electron chi connectivity index (χ2n) is 4.68. The van der Waals surface area contributed by atoms with Gasteiger partial charge in [-0.1, -0.05) is 0 Å². The van der Waals surface area contributed by atoms with Crippen LogP contribution < -0.4 is 10.6 Å². The van der Waals surface area contributed by atoms with Gasteiger partial charge in [-0.05, 0) is 35.7 Å². The number of nitrogens with zero attached hydrogens (tertiary/aromatic N) is 2. The smallest absolute Gasteiger partial charge is 0.291 e. The first-order valence-corrected chi connectivity index (χ1v) is 7.11. The number of anilines is 1. The topological polar surface area (TPSA) is 97.2 Å². The minimum absolute atomic E-state index is 0.0236. The van der Waals surface area contributed by atoms with E-state index in [9.17, 15) is 14.9 Å². The molecule has 2 rings (SSSR count). The number of hydrogen-bond donors (Lipinski definition) is 2. The molecule has 0 spiro atoms. The molecule has 1 aromatic heterocycles. The fourth-order valence-corrected chi connectivity index (χ4v) is 2.18. The van der Waals surface area contributed by atoms with Crippen LogP contribution in [0.15, 0.2) is 10.7 Å². The number of amides is 1. The molecule has 0 saturated heterocycles. The molecule has 108 valence electrons. The lowest BCUT2D eigenvalue weighted by Gasteiger charge is -2.10. The van der Waals surface area contributed by atoms with Crippen molar-refractivity contribution in [1.29, 1.82) is 0 Å². The Hall–Kier alpha value is -1.70. The maximum Gasteiger partial charge on any atom is 0.291 e. The summed E-state index contributed by atoms with van der Waals surface area (Å²) in [6, 6.07) is 0. The zero-order chi connectivity index (χ0) is 14.7. The van der Waals surface area contributed by atoms with Crippen LogP contribution in [0.3, 0.4) is 0 Å². The highest BCUT2D eigenvalue weighted by atomic mass is 79.9. The molecule has 0 unspecified atom stereocenters. The highest BCUT2D eigenvalue weighted by molar-refractivity contribution is 9.10. The second-order valence-corrected chi connectivity index (χ2v) is 5.47. The van der Waals surface area contributed by atoms with Gasteiger partial charge in [0.25, 0.3) is 5.69 Å². The van der Waals surface area contributed by atoms with E-state index >= 15 is 0 Å². The van der Waals surface area contributed by atoms with E-state index < -0.39 is 4.92 Å². The molecule has 20 heavy (non-hydrogen) atoms. The number of rotatable bonds is 6. The number of carbonyl (C=O) groups excluding carboxylic acids is 1. The maximum atomic E-state index is 11.4. The first-order chi connectivity index (χ1) is 9.50. The van der Waals surface area contributed by atoms with Crippen LogP contribution in [0.25, 0.3) is 0 Å². The number of carbonyl (C=O) groups is 1. The van der Waals surface area contributed by atoms with Crippen LogP contribution in [0.4, 0.5) is 11.5 Å². The maximum absolute atomic E-state index is 11.4. The molecule has 0 aromatic carbocycles. The number of aromatic nitrogens is 1. The molecule has 1 amide bonds. The van der Waals surface area contributed by atoms with E-state index in [4.69, 9.17) is 0 Å². The summed E-state index contributed by atoms with van der Waals surface area (Å²) in [6.45, 7) is 2.67. The van der Waals surface area contributed by atoms with Crippen molar-refractivity contribution in [1.82, 2.24) is 10.3 Å². The van der Waals surface area contributed by atoms with E-state index in [1.807, 2.05) is 0 Å². The Kier molecular flexibility index (Phi) is 4.53. The van der Waals surface area contributed by atoms with Crippen molar-refractivity contribution >= 4 is 33.3 Å². The highest BCUT2D eigenvalue weighted by Crippen LogP contribution is 2.30. The van der Waals surface area contributed by atoms with E-state index in [0.717, 1.165) is 12.8 Å². The van der Waals surface area contributed by atoms with E-state index in [-0.39, 0.29) is 17.5 Å². The van der Waals surface area contributed by atoms with Crippen molar-refractivity contribution in [2.24, 2.45) is 5.92 Å². The molecular weight excluding hydrogens is 328 g/mol. The Balaban J connectivity index is 1.87. The van der Waals surface area contributed by atoms with Crippen LogP contribution in [0.1, 0.15) is 18.4 Å². The third-order valence-electron chi connectivity index (χ3n) is 3.10. The summed E-state index contributed by atoms with van der Waals surface area (Å²) in [6.07, 6.45) is 3.19. The monoisotopic (exact) mass is 342 g/mol. The van der Waals surface area contributed by atoms with Crippen molar-refractivity contribution in [3.63, 3.8) is 0 Å². The van der Waals surface area contributed by atoms with Crippen molar-refractivity contribution in [3.05, 3.63) is 26.3 Å². The number of hydrogen-bond acceptors (Lipinski definition) is 5. The minimum atomic E-state index is -0.466. The molecule has 1 fully saturated rings. The number of halogens is 1. The summed E-state index contributed by atoms with van der Waals surface area (Å²) in [5, 5.41) is 16.6. The molecule has 2 N–H and O–H groups in total. The Bertz CT molecular complexity index is 546. The molecule has 0 bridgehead atoms. The van der Waals surface area contributed by atoms with Gasteiger partial charge in [-0.15, -0.1) is 0 Å². The van der Waals surface area contributed by atoms with Crippen molar-refractivity contribution < 1.29 is 9.72 Å².